The fourth-order valence-electron chi connectivity index (χ4n) is 3.66. The highest BCUT2D eigenvalue weighted by molar-refractivity contribution is 6.03. The average molecular weight is 340 g/mol. The van der Waals surface area contributed by atoms with Gasteiger partial charge in [0.25, 0.3) is 0 Å². The van der Waals surface area contributed by atoms with Gasteiger partial charge in [-0.15, -0.1) is 0 Å². The quantitative estimate of drug-likeness (QED) is 0.858. The van der Waals surface area contributed by atoms with Crippen LogP contribution < -0.4 is 10.2 Å². The molecule has 132 valence electrons. The molecule has 1 N–H and O–H groups in total. The van der Waals surface area contributed by atoms with Gasteiger partial charge in [0.2, 0.25) is 0 Å². The molecule has 5 heteroatoms. The molecule has 0 spiro atoms. The Morgan fingerprint density at radius 3 is 2.48 bits per heavy atom. The molecule has 25 heavy (non-hydrogen) atoms. The summed E-state index contributed by atoms with van der Waals surface area (Å²) in [6, 6.07) is 8.01. The van der Waals surface area contributed by atoms with Crippen molar-refractivity contribution in [3.05, 3.63) is 52.4 Å². The van der Waals surface area contributed by atoms with Crippen molar-refractivity contribution < 1.29 is 14.3 Å². The van der Waals surface area contributed by atoms with Gasteiger partial charge in [-0.1, -0.05) is 12.1 Å². The summed E-state index contributed by atoms with van der Waals surface area (Å²) in [5.41, 5.74) is 4.96. The normalized spacial score (nSPS) is 20.2. The van der Waals surface area contributed by atoms with Gasteiger partial charge >= 0.3 is 5.97 Å². The van der Waals surface area contributed by atoms with Crippen molar-refractivity contribution >= 4 is 17.4 Å². The lowest BCUT2D eigenvalue weighted by Gasteiger charge is -2.34. The Labute approximate surface area is 148 Å². The highest BCUT2D eigenvalue weighted by Gasteiger charge is 2.38. The van der Waals surface area contributed by atoms with Crippen LogP contribution in [0.15, 0.2) is 46.8 Å². The molecular formula is C20H24N2O3. The molecule has 0 unspecified atom stereocenters. The molecule has 0 aromatic heterocycles. The zero-order valence-corrected chi connectivity index (χ0v) is 15.2. The highest BCUT2D eigenvalue weighted by atomic mass is 16.5. The van der Waals surface area contributed by atoms with Crippen LogP contribution in [0.2, 0.25) is 0 Å². The van der Waals surface area contributed by atoms with Gasteiger partial charge < -0.3 is 15.0 Å². The fraction of sp³-hybridized carbons (Fsp3) is 0.400. The Morgan fingerprint density at radius 2 is 1.88 bits per heavy atom. The molecule has 5 nitrogen and oxygen atoms in total. The van der Waals surface area contributed by atoms with E-state index in [1.54, 1.807) is 0 Å². The predicted molar refractivity (Wildman–Crippen MR) is 97.2 cm³/mol. The van der Waals surface area contributed by atoms with E-state index in [4.69, 9.17) is 4.74 Å². The van der Waals surface area contributed by atoms with Crippen molar-refractivity contribution in [3.63, 3.8) is 0 Å². The first-order chi connectivity index (χ1) is 11.9. The number of allylic oxidation sites excluding steroid dienone is 3. The average Bonchev–Trinajstić information content (AvgIpc) is 2.60. The number of hydrogen-bond donors (Lipinski definition) is 1. The largest absolute Gasteiger partial charge is 0.466 e. The fourth-order valence-corrected chi connectivity index (χ4v) is 3.66. The first-order valence-electron chi connectivity index (χ1n) is 8.53. The molecule has 0 amide bonds. The monoisotopic (exact) mass is 340 g/mol. The summed E-state index contributed by atoms with van der Waals surface area (Å²) in [6.07, 6.45) is 2.21. The van der Waals surface area contributed by atoms with Gasteiger partial charge in [-0.3, -0.25) is 4.79 Å². The summed E-state index contributed by atoms with van der Waals surface area (Å²) in [5.74, 6) is -0.645. The molecule has 0 saturated heterocycles. The van der Waals surface area contributed by atoms with Crippen LogP contribution in [0.3, 0.4) is 0 Å². The molecule has 0 saturated carbocycles. The molecule has 1 aliphatic carbocycles. The smallest absolute Gasteiger partial charge is 0.336 e. The first kappa shape index (κ1) is 17.3. The van der Waals surface area contributed by atoms with E-state index < -0.39 is 5.97 Å². The Bertz CT molecular complexity index is 773. The zero-order chi connectivity index (χ0) is 18.1. The number of benzene rings is 1. The van der Waals surface area contributed by atoms with E-state index in [9.17, 15) is 9.59 Å². The van der Waals surface area contributed by atoms with Gasteiger partial charge in [0.15, 0.2) is 5.78 Å². The van der Waals surface area contributed by atoms with Crippen molar-refractivity contribution in [2.75, 3.05) is 26.1 Å². The minimum Gasteiger partial charge on any atom is -0.466 e. The van der Waals surface area contributed by atoms with Crippen LogP contribution in [0, 0.1) is 0 Å². The Kier molecular flexibility index (Phi) is 4.66. The molecular weight excluding hydrogens is 316 g/mol. The van der Waals surface area contributed by atoms with Crippen molar-refractivity contribution in [1.82, 2.24) is 5.32 Å². The third kappa shape index (κ3) is 3.06. The first-order valence-corrected chi connectivity index (χ1v) is 8.53. The molecule has 0 bridgehead atoms. The second kappa shape index (κ2) is 6.75. The van der Waals surface area contributed by atoms with Gasteiger partial charge in [0.1, 0.15) is 0 Å². The lowest BCUT2D eigenvalue weighted by Crippen LogP contribution is -2.34. The number of rotatable bonds is 3. The molecule has 1 aliphatic heterocycles. The second-order valence-electron chi connectivity index (χ2n) is 6.74. The van der Waals surface area contributed by atoms with Gasteiger partial charge in [-0.05, 0) is 37.5 Å². The minimum absolute atomic E-state index is 0.115. The number of carbonyl (C=O) groups excluding carboxylic acids is 2. The summed E-state index contributed by atoms with van der Waals surface area (Å²) in [7, 11) is 5.34. The van der Waals surface area contributed by atoms with E-state index in [0.717, 1.165) is 41.1 Å². The topological polar surface area (TPSA) is 58.6 Å². The number of dihydropyridines is 1. The summed E-state index contributed by atoms with van der Waals surface area (Å²) < 4.78 is 5.01. The lowest BCUT2D eigenvalue weighted by molar-refractivity contribution is -0.136. The van der Waals surface area contributed by atoms with Crippen molar-refractivity contribution in [2.45, 2.75) is 32.1 Å². The molecule has 0 fully saturated rings. The Hall–Kier alpha value is -2.56. The van der Waals surface area contributed by atoms with Crippen LogP contribution in [0.5, 0.6) is 0 Å². The zero-order valence-electron chi connectivity index (χ0n) is 15.2. The van der Waals surface area contributed by atoms with Crippen molar-refractivity contribution in [2.24, 2.45) is 0 Å². The second-order valence-corrected chi connectivity index (χ2v) is 6.74. The maximum atomic E-state index is 12.7. The number of Topliss-reactive ketones (excluding diaryl/α,β-unsaturated/α-hetero) is 1. The van der Waals surface area contributed by atoms with Crippen LogP contribution in [0.4, 0.5) is 5.69 Å². The van der Waals surface area contributed by atoms with E-state index in [0.29, 0.717) is 12.0 Å². The summed E-state index contributed by atoms with van der Waals surface area (Å²) in [5, 5.41) is 3.27. The highest BCUT2D eigenvalue weighted by Crippen LogP contribution is 2.42. The Balaban J connectivity index is 2.14. The standard InChI is InChI=1S/C20H24N2O3/c1-12-17(20(24)25-4)18(13-8-10-14(11-9-13)22(2)3)19-15(21-12)6-5-7-16(19)23/h8-11,18,21H,5-7H2,1-4H3/t18-/m1/s1. The molecule has 1 heterocycles. The van der Waals surface area contributed by atoms with Crippen LogP contribution in [0.25, 0.3) is 0 Å². The maximum Gasteiger partial charge on any atom is 0.336 e. The summed E-state index contributed by atoms with van der Waals surface area (Å²) in [6.45, 7) is 1.87. The number of anilines is 1. The van der Waals surface area contributed by atoms with Crippen LogP contribution >= 0.6 is 0 Å². The van der Waals surface area contributed by atoms with E-state index in [1.165, 1.54) is 7.11 Å². The van der Waals surface area contributed by atoms with Crippen molar-refractivity contribution in [3.8, 4) is 0 Å². The maximum absolute atomic E-state index is 12.7. The molecule has 1 aromatic rings. The lowest BCUT2D eigenvalue weighted by atomic mass is 9.75. The minimum atomic E-state index is -0.392. The van der Waals surface area contributed by atoms with E-state index in [2.05, 4.69) is 5.32 Å². The van der Waals surface area contributed by atoms with E-state index >= 15 is 0 Å². The van der Waals surface area contributed by atoms with Gasteiger partial charge in [0.05, 0.1) is 12.7 Å². The van der Waals surface area contributed by atoms with Crippen molar-refractivity contribution in [1.29, 1.82) is 0 Å². The van der Waals surface area contributed by atoms with Gasteiger partial charge in [0, 0.05) is 49.1 Å². The van der Waals surface area contributed by atoms with E-state index in [-0.39, 0.29) is 11.7 Å². The summed E-state index contributed by atoms with van der Waals surface area (Å²) in [4.78, 5) is 27.1. The van der Waals surface area contributed by atoms with Crippen LogP contribution in [0.1, 0.15) is 37.7 Å². The number of hydrogen-bond acceptors (Lipinski definition) is 5. The number of nitrogens with one attached hydrogen (secondary N) is 1. The molecule has 0 radical (unpaired) electrons. The number of ether oxygens (including phenoxy) is 1. The molecule has 3 rings (SSSR count). The summed E-state index contributed by atoms with van der Waals surface area (Å²) >= 11 is 0. The number of ketones is 1. The number of methoxy groups -OCH3 is 1. The van der Waals surface area contributed by atoms with Crippen LogP contribution in [-0.4, -0.2) is 33.0 Å². The number of nitrogens with zero attached hydrogens (tertiary/aromatic N) is 1. The SMILES string of the molecule is COC(=O)C1=C(C)NC2=C(C(=O)CCC2)[C@@H]1c1ccc(N(C)C)cc1. The third-order valence-corrected chi connectivity index (χ3v) is 4.92. The van der Waals surface area contributed by atoms with Gasteiger partial charge in [-0.2, -0.15) is 0 Å². The molecule has 1 aromatic carbocycles. The van der Waals surface area contributed by atoms with Crippen LogP contribution in [-0.2, 0) is 14.3 Å². The predicted octanol–water partition coefficient (Wildman–Crippen LogP) is 2.89. The number of carbonyl (C=O) groups is 2. The van der Waals surface area contributed by atoms with E-state index in [1.807, 2.05) is 50.2 Å². The molecule has 1 atom stereocenters. The molecule has 2 aliphatic rings. The Morgan fingerprint density at radius 1 is 1.20 bits per heavy atom. The van der Waals surface area contributed by atoms with Gasteiger partial charge in [-0.25, -0.2) is 4.79 Å². The third-order valence-electron chi connectivity index (χ3n) is 4.92. The number of esters is 1.